The standard InChI is InChI=1S/C6H9ClOS/c1-4(6(7)9)3-5(2)8/h4H,3H2,1-2H3/t4-/m1/s1. The number of carbonyl (C=O) groups excluding carboxylic acids is 1. The van der Waals surface area contributed by atoms with Crippen LogP contribution in [0.15, 0.2) is 0 Å². The van der Waals surface area contributed by atoms with Gasteiger partial charge < -0.3 is 4.79 Å². The number of thiocarbonyl (C=S) groups is 1. The van der Waals surface area contributed by atoms with Crippen LogP contribution in [-0.2, 0) is 4.79 Å². The van der Waals surface area contributed by atoms with Gasteiger partial charge in [0, 0.05) is 12.3 Å². The molecule has 0 aromatic rings. The van der Waals surface area contributed by atoms with Crippen molar-refractivity contribution in [3.63, 3.8) is 0 Å². The van der Waals surface area contributed by atoms with Gasteiger partial charge in [0.15, 0.2) is 0 Å². The van der Waals surface area contributed by atoms with Crippen LogP contribution in [0.2, 0.25) is 0 Å². The summed E-state index contributed by atoms with van der Waals surface area (Å²) in [6.07, 6.45) is 0.461. The second-order valence-electron chi connectivity index (χ2n) is 2.11. The Balaban J connectivity index is 3.63. The van der Waals surface area contributed by atoms with Crippen molar-refractivity contribution in [2.24, 2.45) is 5.92 Å². The molecule has 0 fully saturated rings. The Hall–Kier alpha value is 0.0500. The lowest BCUT2D eigenvalue weighted by Crippen LogP contribution is -2.06. The molecule has 0 N–H and O–H groups in total. The Morgan fingerprint density at radius 2 is 2.22 bits per heavy atom. The highest BCUT2D eigenvalue weighted by atomic mass is 35.5. The second kappa shape index (κ2) is 3.96. The smallest absolute Gasteiger partial charge is 0.130 e. The Morgan fingerprint density at radius 3 is 2.33 bits per heavy atom. The van der Waals surface area contributed by atoms with Gasteiger partial charge in [0.2, 0.25) is 0 Å². The molecule has 3 heteroatoms. The van der Waals surface area contributed by atoms with Gasteiger partial charge in [0.1, 0.15) is 5.78 Å². The molecule has 0 aromatic carbocycles. The number of hydrogen-bond donors (Lipinski definition) is 0. The van der Waals surface area contributed by atoms with E-state index in [-0.39, 0.29) is 11.7 Å². The van der Waals surface area contributed by atoms with Crippen molar-refractivity contribution in [2.45, 2.75) is 20.3 Å². The predicted molar refractivity (Wildman–Crippen MR) is 42.9 cm³/mol. The maximum atomic E-state index is 10.4. The quantitative estimate of drug-likeness (QED) is 0.470. The molecule has 0 rings (SSSR count). The summed E-state index contributed by atoms with van der Waals surface area (Å²) >= 11 is 10.1. The van der Waals surface area contributed by atoms with Crippen molar-refractivity contribution in [2.75, 3.05) is 0 Å². The van der Waals surface area contributed by atoms with Crippen LogP contribution in [0.25, 0.3) is 0 Å². The normalized spacial score (nSPS) is 12.8. The van der Waals surface area contributed by atoms with E-state index >= 15 is 0 Å². The Bertz CT molecular complexity index is 133. The van der Waals surface area contributed by atoms with E-state index in [0.717, 1.165) is 0 Å². The van der Waals surface area contributed by atoms with Gasteiger partial charge in [-0.25, -0.2) is 0 Å². The fourth-order valence-corrected chi connectivity index (χ4v) is 0.672. The number of hydrogen-bond acceptors (Lipinski definition) is 2. The van der Waals surface area contributed by atoms with Crippen molar-refractivity contribution < 1.29 is 4.79 Å². The van der Waals surface area contributed by atoms with Crippen LogP contribution in [0.1, 0.15) is 20.3 Å². The Kier molecular flexibility index (Phi) is 3.98. The molecule has 0 aliphatic carbocycles. The molecule has 0 spiro atoms. The molecular weight excluding hydrogens is 156 g/mol. The van der Waals surface area contributed by atoms with Gasteiger partial charge in [-0.3, -0.25) is 0 Å². The van der Waals surface area contributed by atoms with Crippen LogP contribution in [0.5, 0.6) is 0 Å². The van der Waals surface area contributed by atoms with Gasteiger partial charge in [0.05, 0.1) is 4.32 Å². The Labute approximate surface area is 65.4 Å². The summed E-state index contributed by atoms with van der Waals surface area (Å²) in [5.41, 5.74) is 0. The molecular formula is C6H9ClOS. The average Bonchev–Trinajstić information content (AvgIpc) is 1.63. The predicted octanol–water partition coefficient (Wildman–Crippen LogP) is 2.17. The van der Waals surface area contributed by atoms with Crippen molar-refractivity contribution in [1.29, 1.82) is 0 Å². The van der Waals surface area contributed by atoms with Gasteiger partial charge in [-0.05, 0) is 6.92 Å². The number of Topliss-reactive ketones (excluding diaryl/α,β-unsaturated/α-hetero) is 1. The van der Waals surface area contributed by atoms with Crippen LogP contribution in [0, 0.1) is 5.92 Å². The lowest BCUT2D eigenvalue weighted by Gasteiger charge is -2.02. The number of carbonyl (C=O) groups is 1. The largest absolute Gasteiger partial charge is 0.300 e. The van der Waals surface area contributed by atoms with E-state index in [1.165, 1.54) is 6.92 Å². The second-order valence-corrected chi connectivity index (χ2v) is 3.18. The first-order valence-electron chi connectivity index (χ1n) is 2.73. The molecule has 0 aliphatic rings. The molecule has 52 valence electrons. The third kappa shape index (κ3) is 4.55. The van der Waals surface area contributed by atoms with Crippen molar-refractivity contribution in [3.05, 3.63) is 0 Å². The molecule has 0 saturated carbocycles. The van der Waals surface area contributed by atoms with Gasteiger partial charge in [-0.15, -0.1) is 0 Å². The van der Waals surface area contributed by atoms with Crippen LogP contribution in [-0.4, -0.2) is 10.1 Å². The zero-order chi connectivity index (χ0) is 7.44. The molecule has 0 bridgehead atoms. The van der Waals surface area contributed by atoms with E-state index in [4.69, 9.17) is 11.6 Å². The fraction of sp³-hybridized carbons (Fsp3) is 0.667. The third-order valence-electron chi connectivity index (χ3n) is 0.981. The molecule has 0 aliphatic heterocycles. The number of rotatable bonds is 3. The minimum Gasteiger partial charge on any atom is -0.300 e. The van der Waals surface area contributed by atoms with E-state index in [0.29, 0.717) is 10.7 Å². The molecule has 0 radical (unpaired) electrons. The molecule has 9 heavy (non-hydrogen) atoms. The highest BCUT2D eigenvalue weighted by Crippen LogP contribution is 2.08. The van der Waals surface area contributed by atoms with Gasteiger partial charge in [-0.1, -0.05) is 30.7 Å². The molecule has 1 atom stereocenters. The SMILES string of the molecule is CC(=O)C[C@@H](C)C(=S)Cl. The molecule has 0 heterocycles. The van der Waals surface area contributed by atoms with Gasteiger partial charge in [-0.2, -0.15) is 0 Å². The maximum Gasteiger partial charge on any atom is 0.130 e. The lowest BCUT2D eigenvalue weighted by molar-refractivity contribution is -0.117. The minimum absolute atomic E-state index is 0.0409. The van der Waals surface area contributed by atoms with Crippen molar-refractivity contribution in [1.82, 2.24) is 0 Å². The van der Waals surface area contributed by atoms with Crippen LogP contribution >= 0.6 is 23.8 Å². The summed E-state index contributed by atoms with van der Waals surface area (Å²) in [5, 5.41) is 0. The molecule has 0 unspecified atom stereocenters. The van der Waals surface area contributed by atoms with Crippen molar-refractivity contribution >= 4 is 33.9 Å². The van der Waals surface area contributed by atoms with E-state index in [1.807, 2.05) is 6.92 Å². The van der Waals surface area contributed by atoms with Crippen LogP contribution in [0.3, 0.4) is 0 Å². The summed E-state index contributed by atoms with van der Waals surface area (Å²) < 4.78 is 0.394. The van der Waals surface area contributed by atoms with E-state index in [2.05, 4.69) is 12.2 Å². The van der Waals surface area contributed by atoms with Crippen LogP contribution < -0.4 is 0 Å². The highest BCUT2D eigenvalue weighted by molar-refractivity contribution is 7.83. The zero-order valence-electron chi connectivity index (χ0n) is 5.48. The number of ketones is 1. The highest BCUT2D eigenvalue weighted by Gasteiger charge is 2.07. The summed E-state index contributed by atoms with van der Waals surface area (Å²) in [6, 6.07) is 0. The lowest BCUT2D eigenvalue weighted by atomic mass is 10.1. The van der Waals surface area contributed by atoms with E-state index < -0.39 is 0 Å². The maximum absolute atomic E-state index is 10.4. The number of halogens is 1. The minimum atomic E-state index is 0.0409. The topological polar surface area (TPSA) is 17.1 Å². The first-order chi connectivity index (χ1) is 4.04. The summed E-state index contributed by atoms with van der Waals surface area (Å²) in [6.45, 7) is 3.38. The van der Waals surface area contributed by atoms with Gasteiger partial charge in [0.25, 0.3) is 0 Å². The first kappa shape index (κ1) is 9.05. The summed E-state index contributed by atoms with van der Waals surface area (Å²) in [4.78, 5) is 10.4. The van der Waals surface area contributed by atoms with Gasteiger partial charge >= 0.3 is 0 Å². The van der Waals surface area contributed by atoms with Crippen molar-refractivity contribution in [3.8, 4) is 0 Å². The van der Waals surface area contributed by atoms with E-state index in [9.17, 15) is 4.79 Å². The van der Waals surface area contributed by atoms with E-state index in [1.54, 1.807) is 0 Å². The Morgan fingerprint density at radius 1 is 1.78 bits per heavy atom. The monoisotopic (exact) mass is 164 g/mol. The summed E-state index contributed by atoms with van der Waals surface area (Å²) in [5.74, 6) is 0.171. The molecule has 1 nitrogen and oxygen atoms in total. The molecule has 0 aromatic heterocycles. The summed E-state index contributed by atoms with van der Waals surface area (Å²) in [7, 11) is 0. The average molecular weight is 165 g/mol. The third-order valence-corrected chi connectivity index (χ3v) is 1.76. The molecule has 0 amide bonds. The fourth-order valence-electron chi connectivity index (χ4n) is 0.511. The molecule has 0 saturated heterocycles. The zero-order valence-corrected chi connectivity index (χ0v) is 7.05. The van der Waals surface area contributed by atoms with Crippen LogP contribution in [0.4, 0.5) is 0 Å². The first-order valence-corrected chi connectivity index (χ1v) is 3.51.